The number of hydrogen-bond acceptors (Lipinski definition) is 2. The Morgan fingerprint density at radius 3 is 0.767 bits per heavy atom. The third kappa shape index (κ3) is 11.6. The zero-order valence-electron chi connectivity index (χ0n) is 66.2. The van der Waals surface area contributed by atoms with Crippen LogP contribution in [0.1, 0.15) is 36.8 Å². The van der Waals surface area contributed by atoms with Gasteiger partial charge in [0.15, 0.2) is 0 Å². The number of nitrogens with zero attached hydrogens (tertiary/aromatic N) is 10. The number of pyridine rings is 2. The van der Waals surface area contributed by atoms with Crippen LogP contribution in [0.4, 0.5) is 0 Å². The molecule has 0 saturated heterocycles. The molecule has 0 fully saturated rings. The van der Waals surface area contributed by atoms with Crippen LogP contribution >= 0.6 is 0 Å². The number of aryl methyl sites for hydroxylation is 4. The smallest absolute Gasteiger partial charge is 0.139 e. The van der Waals surface area contributed by atoms with E-state index in [0.717, 1.165) is 131 Å². The van der Waals surface area contributed by atoms with E-state index in [0.29, 0.717) is 0 Å². The van der Waals surface area contributed by atoms with Crippen molar-refractivity contribution in [1.29, 1.82) is 0 Å². The summed E-state index contributed by atoms with van der Waals surface area (Å²) < 4.78 is 19.8. The van der Waals surface area contributed by atoms with Crippen LogP contribution in [-0.4, -0.2) is 46.5 Å². The third-order valence-electron chi connectivity index (χ3n) is 24.7. The lowest BCUT2D eigenvalue weighted by atomic mass is 10.1. The van der Waals surface area contributed by atoms with E-state index in [1.54, 1.807) is 0 Å². The largest absolute Gasteiger partial charge is 0.326 e. The molecular weight excluding hydrogens is 1460 g/mol. The van der Waals surface area contributed by atoms with Crippen molar-refractivity contribution in [2.75, 3.05) is 0 Å². The fourth-order valence-electron chi connectivity index (χ4n) is 19.6. The van der Waals surface area contributed by atoms with Gasteiger partial charge in [0.2, 0.25) is 0 Å². The molecule has 0 N–H and O–H groups in total. The van der Waals surface area contributed by atoms with Gasteiger partial charge in [-0.25, -0.2) is 9.97 Å². The second kappa shape index (κ2) is 29.5. The lowest BCUT2D eigenvalue weighted by Gasteiger charge is -2.16. The maximum atomic E-state index is 5.34. The molecule has 0 unspecified atom stereocenters. The molecule has 10 nitrogen and oxygen atoms in total. The lowest BCUT2D eigenvalue weighted by Crippen LogP contribution is -2.06. The van der Waals surface area contributed by atoms with Crippen LogP contribution in [0.2, 0.25) is 0 Å². The highest BCUT2D eigenvalue weighted by Crippen LogP contribution is 2.47. The predicted octanol–water partition coefficient (Wildman–Crippen LogP) is 27.7. The summed E-state index contributed by atoms with van der Waals surface area (Å²) in [4.78, 5) is 10.7. The zero-order valence-corrected chi connectivity index (χ0v) is 66.2. The summed E-state index contributed by atoms with van der Waals surface area (Å²) in [7, 11) is 0. The van der Waals surface area contributed by atoms with Crippen molar-refractivity contribution >= 4 is 131 Å². The number of unbranched alkanes of at least 4 members (excludes halogenated alkanes) is 2. The minimum atomic E-state index is 0.866. The van der Waals surface area contributed by atoms with Gasteiger partial charge < -0.3 is 9.13 Å². The lowest BCUT2D eigenvalue weighted by molar-refractivity contribution is 0.631. The van der Waals surface area contributed by atoms with Crippen molar-refractivity contribution < 1.29 is 0 Å². The number of rotatable bonds is 18. The van der Waals surface area contributed by atoms with Crippen molar-refractivity contribution in [1.82, 2.24) is 46.5 Å². The topological polar surface area (TPSA) is 65.2 Å². The molecule has 0 aliphatic heterocycles. The standard InChI is InChI=1S/C56H36N6.C54H46N4/c1-3-18-37(19-4-1)45-28-16-34-51(57-45)61-49-32-13-9-26-43(49)53-41-24-7-11-30-47(41)59(55(53)61)39-22-15-23-40(36-39)60-48-31-12-8-25-42(48)54-44-27-10-14-33-50(44)62(56(54)60)52-35-17-29-46(58-52)38-20-5-2-6-21-38;1-3-20-39(21-4-1)24-15-17-36-55-47-32-11-7-28-43(47)51-45-30-9-13-34-49(45)57(53(51)55)41-26-19-27-42(38-41)58-50-35-14-10-31-46(50)52-44-29-8-12-33-48(44)56(54(52)58)37-18-16-25-40-22-5-2-6-23-40/h1-36H;1-14,19-23,26-35,38H,15-18,24-25,36-37H2. The van der Waals surface area contributed by atoms with Crippen molar-refractivity contribution in [3.8, 4) is 56.9 Å². The Balaban J connectivity index is 0.000000140. The molecule has 0 saturated carbocycles. The van der Waals surface area contributed by atoms with Crippen LogP contribution in [0, 0.1) is 0 Å². The summed E-state index contributed by atoms with van der Waals surface area (Å²) in [6.45, 7) is 1.92. The normalized spacial score (nSPS) is 11.9. The first-order valence-corrected chi connectivity index (χ1v) is 42.0. The van der Waals surface area contributed by atoms with Crippen LogP contribution in [0.5, 0.6) is 0 Å². The molecule has 14 aromatic carbocycles. The summed E-state index contributed by atoms with van der Waals surface area (Å²) >= 11 is 0. The third-order valence-corrected chi connectivity index (χ3v) is 24.7. The molecule has 0 aliphatic rings. The van der Waals surface area contributed by atoms with E-state index < -0.39 is 0 Å². The maximum Gasteiger partial charge on any atom is 0.139 e. The van der Waals surface area contributed by atoms with E-state index in [4.69, 9.17) is 9.97 Å². The summed E-state index contributed by atoms with van der Waals surface area (Å²) in [6.07, 6.45) is 6.69. The first-order chi connectivity index (χ1) is 59.6. The van der Waals surface area contributed by atoms with Crippen LogP contribution in [0.15, 0.2) is 400 Å². The Bertz CT molecular complexity index is 7570. The minimum Gasteiger partial charge on any atom is -0.326 e. The van der Waals surface area contributed by atoms with Gasteiger partial charge in [0.05, 0.1) is 55.5 Å². The monoisotopic (exact) mass is 1540 g/mol. The molecule has 0 aliphatic carbocycles. The molecule has 120 heavy (non-hydrogen) atoms. The van der Waals surface area contributed by atoms with E-state index in [1.165, 1.54) is 120 Å². The van der Waals surface area contributed by atoms with Crippen molar-refractivity contribution in [2.24, 2.45) is 0 Å². The van der Waals surface area contributed by atoms with Gasteiger partial charge in [0, 0.05) is 112 Å². The van der Waals surface area contributed by atoms with Gasteiger partial charge in [-0.15, -0.1) is 0 Å². The average molecular weight is 1540 g/mol. The van der Waals surface area contributed by atoms with Gasteiger partial charge in [-0.1, -0.05) is 291 Å². The molecular formula is C110H82N10. The average Bonchev–Trinajstić information content (AvgIpc) is 1.55. The minimum absolute atomic E-state index is 0.866. The van der Waals surface area contributed by atoms with Gasteiger partial charge in [-0.05, 0) is 159 Å². The predicted molar refractivity (Wildman–Crippen MR) is 500 cm³/mol. The first kappa shape index (κ1) is 70.2. The molecule has 10 heteroatoms. The molecule has 10 aromatic heterocycles. The molecule has 572 valence electrons. The second-order valence-electron chi connectivity index (χ2n) is 31.7. The summed E-state index contributed by atoms with van der Waals surface area (Å²) in [5.74, 6) is 1.73. The van der Waals surface area contributed by atoms with Crippen molar-refractivity contribution in [2.45, 2.75) is 51.6 Å². The van der Waals surface area contributed by atoms with Gasteiger partial charge >= 0.3 is 0 Å². The Labute approximate surface area is 693 Å². The SMILES string of the molecule is c1ccc(-c2cccc(-n3c4ccccc4c4c5ccccc5n(-c5cccc(-n6c7ccccc7c7c8ccccc8n(-c8cccc(-c9ccccc9)n8)c76)c5)c43)n2)cc1.c1ccc(CCCCn2c3ccccc3c3c4ccccc4n(-c4cccc(-n5c6ccccc6c6c7ccccc7n(CCCCc7ccccc7)c65)c4)c32)cc1. The summed E-state index contributed by atoms with van der Waals surface area (Å²) in [5.41, 5.74) is 25.6. The zero-order chi connectivity index (χ0) is 79.1. The highest BCUT2D eigenvalue weighted by molar-refractivity contribution is 6.26. The van der Waals surface area contributed by atoms with E-state index >= 15 is 0 Å². The Hall–Kier alpha value is -15.3. The molecule has 0 bridgehead atoms. The summed E-state index contributed by atoms with van der Waals surface area (Å²) in [5, 5.41) is 15.1. The number of para-hydroxylation sites is 8. The molecule has 24 aromatic rings. The molecule has 0 atom stereocenters. The van der Waals surface area contributed by atoms with Crippen LogP contribution in [-0.2, 0) is 25.9 Å². The fraction of sp³-hybridized carbons (Fsp3) is 0.0727. The number of hydrogen-bond donors (Lipinski definition) is 0. The molecule has 0 spiro atoms. The Kier molecular flexibility index (Phi) is 17.2. The first-order valence-electron chi connectivity index (χ1n) is 42.0. The quantitative estimate of drug-likeness (QED) is 0.0804. The van der Waals surface area contributed by atoms with E-state index in [2.05, 4.69) is 425 Å². The summed E-state index contributed by atoms with van der Waals surface area (Å²) in [6, 6.07) is 145. The van der Waals surface area contributed by atoms with Crippen LogP contribution in [0.25, 0.3) is 188 Å². The second-order valence-corrected chi connectivity index (χ2v) is 31.7. The van der Waals surface area contributed by atoms with Crippen LogP contribution < -0.4 is 0 Å². The Morgan fingerprint density at radius 2 is 0.442 bits per heavy atom. The van der Waals surface area contributed by atoms with Gasteiger partial charge in [0.1, 0.15) is 34.2 Å². The van der Waals surface area contributed by atoms with E-state index in [-0.39, 0.29) is 0 Å². The van der Waals surface area contributed by atoms with E-state index in [1.807, 2.05) is 12.1 Å². The number of aromatic nitrogens is 10. The van der Waals surface area contributed by atoms with Gasteiger partial charge in [-0.3, -0.25) is 27.4 Å². The van der Waals surface area contributed by atoms with Gasteiger partial charge in [-0.2, -0.15) is 0 Å². The molecule has 0 radical (unpaired) electrons. The van der Waals surface area contributed by atoms with E-state index in [9.17, 15) is 0 Å². The van der Waals surface area contributed by atoms with Crippen molar-refractivity contribution in [3.05, 3.63) is 412 Å². The molecule has 0 amide bonds. The highest BCUT2D eigenvalue weighted by atomic mass is 15.2. The maximum absolute atomic E-state index is 5.34. The number of fused-ring (bicyclic) bond motifs is 20. The van der Waals surface area contributed by atoms with Gasteiger partial charge in [0.25, 0.3) is 0 Å². The molecule has 10 heterocycles. The molecule has 24 rings (SSSR count). The van der Waals surface area contributed by atoms with Crippen LogP contribution in [0.3, 0.4) is 0 Å². The highest BCUT2D eigenvalue weighted by Gasteiger charge is 2.29. The fourth-order valence-corrected chi connectivity index (χ4v) is 19.6. The van der Waals surface area contributed by atoms with Crippen molar-refractivity contribution in [3.63, 3.8) is 0 Å². The number of benzene rings is 14. The Morgan fingerprint density at radius 1 is 0.192 bits per heavy atom.